The van der Waals surface area contributed by atoms with Crippen LogP contribution in [0.2, 0.25) is 0 Å². The zero-order chi connectivity index (χ0) is 10.4. The maximum atomic E-state index is 10.1. The highest BCUT2D eigenvalue weighted by atomic mass is 31.2. The van der Waals surface area contributed by atoms with Gasteiger partial charge < -0.3 is 20.4 Å². The van der Waals surface area contributed by atoms with Crippen molar-refractivity contribution in [1.82, 2.24) is 0 Å². The van der Waals surface area contributed by atoms with E-state index < -0.39 is 13.7 Å². The van der Waals surface area contributed by atoms with Crippen molar-refractivity contribution in [3.8, 4) is 0 Å². The molecule has 0 saturated carbocycles. The van der Waals surface area contributed by atoms with Gasteiger partial charge in [0.1, 0.15) is 0 Å². The predicted octanol–water partition coefficient (Wildman–Crippen LogP) is -0.491. The fraction of sp³-hybridized carbons (Fsp3) is 0.400. The van der Waals surface area contributed by atoms with Gasteiger partial charge in [-0.3, -0.25) is 4.79 Å². The van der Waals surface area contributed by atoms with Crippen molar-refractivity contribution in [3.63, 3.8) is 0 Å². The molecule has 0 aromatic heterocycles. The molecule has 0 rings (SSSR count). The lowest BCUT2D eigenvalue weighted by molar-refractivity contribution is -0.114. The average Bonchev–Trinajstić information content (AvgIpc) is 1.82. The van der Waals surface area contributed by atoms with Crippen molar-refractivity contribution >= 4 is 13.7 Å². The third-order valence-electron chi connectivity index (χ3n) is 0.775. The van der Waals surface area contributed by atoms with Gasteiger partial charge in [-0.15, -0.1) is 0 Å². The Labute approximate surface area is 69.9 Å². The van der Waals surface area contributed by atoms with Crippen molar-refractivity contribution in [2.75, 3.05) is 0 Å². The zero-order valence-corrected chi connectivity index (χ0v) is 7.49. The summed E-state index contributed by atoms with van der Waals surface area (Å²) < 4.78 is 8.88. The molecule has 0 unspecified atom stereocenters. The van der Waals surface area contributed by atoms with Gasteiger partial charge in [-0.25, -0.2) is 4.57 Å². The molecule has 0 fully saturated rings. The van der Waals surface area contributed by atoms with Gasteiger partial charge >= 0.3 is 7.82 Å². The van der Waals surface area contributed by atoms with Gasteiger partial charge in [0.05, 0.1) is 0 Å². The van der Waals surface area contributed by atoms with E-state index in [0.717, 1.165) is 0 Å². The Morgan fingerprint density at radius 1 is 1.50 bits per heavy atom. The monoisotopic (exact) mass is 197 g/mol. The average molecular weight is 197 g/mol. The van der Waals surface area contributed by atoms with Crippen molar-refractivity contribution in [1.29, 1.82) is 0 Å². The van der Waals surface area contributed by atoms with Gasteiger partial charge in [0.2, 0.25) is 5.91 Å². The third-order valence-corrected chi connectivity index (χ3v) is 0.775. The molecule has 0 bridgehead atoms. The molecule has 0 aromatic rings. The molecule has 0 saturated heterocycles. The van der Waals surface area contributed by atoms with Gasteiger partial charge in [0, 0.05) is 5.57 Å². The fourth-order valence-corrected chi connectivity index (χ4v) is 0.174. The van der Waals surface area contributed by atoms with E-state index in [1.54, 1.807) is 0 Å². The second kappa shape index (κ2) is 5.91. The Morgan fingerprint density at radius 2 is 1.75 bits per heavy atom. The van der Waals surface area contributed by atoms with Gasteiger partial charge in [-0.2, -0.15) is 0 Å². The lowest BCUT2D eigenvalue weighted by Crippen LogP contribution is -2.11. The fourth-order valence-electron chi connectivity index (χ4n) is 0.174. The number of nitrogens with two attached hydrogens (primary N) is 1. The highest BCUT2D eigenvalue weighted by Gasteiger charge is 2.00. The summed E-state index contributed by atoms with van der Waals surface area (Å²) in [7, 11) is -4.64. The Hall–Kier alpha value is -0.680. The minimum Gasteiger partial charge on any atom is -0.366 e. The smallest absolute Gasteiger partial charge is 0.366 e. The molecule has 0 aliphatic carbocycles. The van der Waals surface area contributed by atoms with E-state index in [9.17, 15) is 4.79 Å². The minimum absolute atomic E-state index is 0.400. The Balaban J connectivity index is 0. The second-order valence-corrected chi connectivity index (χ2v) is 2.86. The molecule has 5 N–H and O–H groups in total. The topological polar surface area (TPSA) is 121 Å². The number of primary amides is 1. The van der Waals surface area contributed by atoms with E-state index in [1.165, 1.54) is 0 Å². The highest BCUT2D eigenvalue weighted by Crippen LogP contribution is 2.25. The zero-order valence-electron chi connectivity index (χ0n) is 6.60. The van der Waals surface area contributed by atoms with E-state index >= 15 is 0 Å². The van der Waals surface area contributed by atoms with Crippen molar-refractivity contribution in [2.24, 2.45) is 5.73 Å². The normalized spacial score (nSPS) is 9.67. The quantitative estimate of drug-likeness (QED) is 0.351. The summed E-state index contributed by atoms with van der Waals surface area (Å²) in [6.07, 6.45) is 0.648. The summed E-state index contributed by atoms with van der Waals surface area (Å²) in [5, 5.41) is 0. The van der Waals surface area contributed by atoms with Crippen LogP contribution >= 0.6 is 7.82 Å². The summed E-state index contributed by atoms with van der Waals surface area (Å²) in [5.41, 5.74) is 5.29. The summed E-state index contributed by atoms with van der Waals surface area (Å²) >= 11 is 0. The molecule has 1 amide bonds. The van der Waals surface area contributed by atoms with E-state index in [-0.39, 0.29) is 0 Å². The maximum absolute atomic E-state index is 10.1. The van der Waals surface area contributed by atoms with Crippen molar-refractivity contribution < 1.29 is 24.0 Å². The van der Waals surface area contributed by atoms with Crippen LogP contribution < -0.4 is 5.73 Å². The largest absolute Gasteiger partial charge is 0.466 e. The van der Waals surface area contributed by atoms with Crippen LogP contribution in [0.3, 0.4) is 0 Å². The first kappa shape index (κ1) is 13.9. The summed E-state index contributed by atoms with van der Waals surface area (Å²) in [6, 6.07) is 0. The van der Waals surface area contributed by atoms with Crippen LogP contribution in [0, 0.1) is 0 Å². The van der Waals surface area contributed by atoms with Gasteiger partial charge in [-0.05, 0) is 6.42 Å². The van der Waals surface area contributed by atoms with Crippen LogP contribution in [0.4, 0.5) is 0 Å². The first-order valence-electron chi connectivity index (χ1n) is 2.94. The third kappa shape index (κ3) is 22.8. The molecule has 0 heterocycles. The summed E-state index contributed by atoms with van der Waals surface area (Å²) in [6.45, 7) is 5.24. The first-order chi connectivity index (χ1) is 5.18. The summed E-state index contributed by atoms with van der Waals surface area (Å²) in [5.74, 6) is -0.400. The van der Waals surface area contributed by atoms with Gasteiger partial charge in [0.25, 0.3) is 0 Å². The maximum Gasteiger partial charge on any atom is 0.466 e. The molecule has 12 heavy (non-hydrogen) atoms. The Morgan fingerprint density at radius 3 is 1.75 bits per heavy atom. The second-order valence-electron chi connectivity index (χ2n) is 1.83. The molecule has 0 radical (unpaired) electrons. The van der Waals surface area contributed by atoms with E-state index in [2.05, 4.69) is 6.58 Å². The standard InChI is InChI=1S/C5H9NO.H3O4P/c1-3-4(2)5(6)7;1-5(2,3)4/h2-3H2,1H3,(H2,6,7);(H3,1,2,3,4). The van der Waals surface area contributed by atoms with E-state index in [4.69, 9.17) is 25.0 Å². The van der Waals surface area contributed by atoms with Crippen LogP contribution in [-0.4, -0.2) is 20.6 Å². The molecule has 72 valence electrons. The first-order valence-corrected chi connectivity index (χ1v) is 4.50. The van der Waals surface area contributed by atoms with Gasteiger partial charge in [0.15, 0.2) is 0 Å². The van der Waals surface area contributed by atoms with E-state index in [0.29, 0.717) is 12.0 Å². The Bertz CT molecular complexity index is 200. The molecular formula is C5H12NO5P. The number of carbonyl (C=O) groups is 1. The molecule has 0 spiro atoms. The lowest BCUT2D eigenvalue weighted by atomic mass is 10.2. The number of hydrogen-bond donors (Lipinski definition) is 4. The number of amides is 1. The number of hydrogen-bond acceptors (Lipinski definition) is 2. The van der Waals surface area contributed by atoms with Crippen LogP contribution in [-0.2, 0) is 9.36 Å². The van der Waals surface area contributed by atoms with E-state index in [1.807, 2.05) is 6.92 Å². The van der Waals surface area contributed by atoms with Crippen LogP contribution in [0.5, 0.6) is 0 Å². The van der Waals surface area contributed by atoms with Crippen LogP contribution in [0.1, 0.15) is 13.3 Å². The van der Waals surface area contributed by atoms with Crippen molar-refractivity contribution in [2.45, 2.75) is 13.3 Å². The van der Waals surface area contributed by atoms with Gasteiger partial charge in [-0.1, -0.05) is 13.5 Å². The number of carbonyl (C=O) groups excluding carboxylic acids is 1. The number of rotatable bonds is 2. The van der Waals surface area contributed by atoms with Crippen molar-refractivity contribution in [3.05, 3.63) is 12.2 Å². The lowest BCUT2D eigenvalue weighted by Gasteiger charge is -1.89. The molecule has 0 aliphatic heterocycles. The molecule has 6 nitrogen and oxygen atoms in total. The van der Waals surface area contributed by atoms with Crippen LogP contribution in [0.25, 0.3) is 0 Å². The molecular weight excluding hydrogens is 185 g/mol. The molecule has 7 heteroatoms. The van der Waals surface area contributed by atoms with Crippen LogP contribution in [0.15, 0.2) is 12.2 Å². The predicted molar refractivity (Wildman–Crippen MR) is 42.9 cm³/mol. The molecule has 0 aliphatic rings. The molecule has 0 atom stereocenters. The SMILES string of the molecule is C=C(CC)C(N)=O.O=P(O)(O)O. The summed E-state index contributed by atoms with van der Waals surface area (Å²) in [4.78, 5) is 31.6. The number of phosphoric acid groups is 1. The minimum atomic E-state index is -4.64. The highest BCUT2D eigenvalue weighted by molar-refractivity contribution is 7.45. The Kier molecular flexibility index (Phi) is 6.83. The molecule has 0 aromatic carbocycles.